The van der Waals surface area contributed by atoms with Gasteiger partial charge in [0.2, 0.25) is 5.91 Å². The molecule has 1 fully saturated rings. The van der Waals surface area contributed by atoms with Gasteiger partial charge in [0.15, 0.2) is 9.84 Å². The first-order valence-electron chi connectivity index (χ1n) is 13.9. The minimum Gasteiger partial charge on any atom is -0.342 e. The number of carbonyl (C=O) groups is 1. The number of amides is 1. The lowest BCUT2D eigenvalue weighted by Crippen LogP contribution is -2.48. The summed E-state index contributed by atoms with van der Waals surface area (Å²) in [6.07, 6.45) is 2.43. The number of aromatic amines is 1. The fourth-order valence-corrected chi connectivity index (χ4v) is 7.19. The average molecular weight is 555 g/mol. The number of piperidine rings is 1. The number of fused-ring (bicyclic) bond motifs is 1. The Labute approximate surface area is 235 Å². The van der Waals surface area contributed by atoms with Gasteiger partial charge >= 0.3 is 0 Å². The maximum Gasteiger partial charge on any atom is 0.227 e. The van der Waals surface area contributed by atoms with E-state index in [0.717, 1.165) is 66.4 Å². The Hall–Kier alpha value is -3.75. The normalized spacial score (nSPS) is 16.7. The monoisotopic (exact) mass is 554 g/mol. The average Bonchev–Trinajstić information content (AvgIpc) is 3.33. The van der Waals surface area contributed by atoms with E-state index in [-0.39, 0.29) is 17.7 Å². The lowest BCUT2D eigenvalue weighted by Gasteiger charge is -2.40. The summed E-state index contributed by atoms with van der Waals surface area (Å²) in [5, 5.41) is 0. The van der Waals surface area contributed by atoms with Gasteiger partial charge in [0.05, 0.1) is 22.8 Å². The third-order valence-electron chi connectivity index (χ3n) is 8.16. The molecule has 4 aromatic rings. The van der Waals surface area contributed by atoms with E-state index in [1.807, 2.05) is 55.5 Å². The van der Waals surface area contributed by atoms with Crippen molar-refractivity contribution in [1.29, 1.82) is 0 Å². The molecule has 2 aliphatic heterocycles. The minimum absolute atomic E-state index is 0.0207. The van der Waals surface area contributed by atoms with E-state index in [0.29, 0.717) is 17.9 Å². The Kier molecular flexibility index (Phi) is 7.29. The SMILES string of the molecule is Cc1[nH]c(-c2ccc(S(=O)(=O)Cc3ccccc3)cc2)nc1CN1CCC(N2Cc3ccccc3CC2=O)CC1. The van der Waals surface area contributed by atoms with Crippen LogP contribution in [0.2, 0.25) is 0 Å². The van der Waals surface area contributed by atoms with Crippen LogP contribution in [0.25, 0.3) is 11.4 Å². The van der Waals surface area contributed by atoms with Crippen LogP contribution in [0.1, 0.15) is 40.9 Å². The number of aryl methyl sites for hydroxylation is 1. The minimum atomic E-state index is -3.43. The summed E-state index contributed by atoms with van der Waals surface area (Å²) in [7, 11) is -3.43. The van der Waals surface area contributed by atoms with Gasteiger partial charge in [-0.15, -0.1) is 0 Å². The second-order valence-corrected chi connectivity index (χ2v) is 12.9. The zero-order chi connectivity index (χ0) is 27.7. The third-order valence-corrected chi connectivity index (χ3v) is 9.87. The largest absolute Gasteiger partial charge is 0.342 e. The molecule has 40 heavy (non-hydrogen) atoms. The molecule has 1 saturated heterocycles. The van der Waals surface area contributed by atoms with E-state index < -0.39 is 9.84 Å². The molecule has 0 saturated carbocycles. The van der Waals surface area contributed by atoms with Gasteiger partial charge in [-0.25, -0.2) is 13.4 Å². The van der Waals surface area contributed by atoms with Crippen molar-refractivity contribution in [3.63, 3.8) is 0 Å². The summed E-state index contributed by atoms with van der Waals surface area (Å²) >= 11 is 0. The van der Waals surface area contributed by atoms with Gasteiger partial charge in [0.1, 0.15) is 5.82 Å². The third kappa shape index (κ3) is 5.60. The van der Waals surface area contributed by atoms with Crippen LogP contribution in [0, 0.1) is 6.92 Å². The van der Waals surface area contributed by atoms with Crippen LogP contribution in [-0.2, 0) is 39.9 Å². The Balaban J connectivity index is 1.07. The van der Waals surface area contributed by atoms with Crippen molar-refractivity contribution in [2.24, 2.45) is 0 Å². The van der Waals surface area contributed by atoms with Gasteiger partial charge in [-0.3, -0.25) is 9.69 Å². The van der Waals surface area contributed by atoms with E-state index in [2.05, 4.69) is 33.0 Å². The summed E-state index contributed by atoms with van der Waals surface area (Å²) < 4.78 is 25.8. The predicted molar refractivity (Wildman–Crippen MR) is 155 cm³/mol. The summed E-state index contributed by atoms with van der Waals surface area (Å²) in [6, 6.07) is 24.7. The van der Waals surface area contributed by atoms with E-state index in [1.165, 1.54) is 5.56 Å². The second kappa shape index (κ2) is 11.0. The number of H-pyrrole nitrogens is 1. The molecule has 2 aliphatic rings. The topological polar surface area (TPSA) is 86.4 Å². The van der Waals surface area contributed by atoms with Crippen LogP contribution in [0.5, 0.6) is 0 Å². The van der Waals surface area contributed by atoms with E-state index >= 15 is 0 Å². The van der Waals surface area contributed by atoms with Gasteiger partial charge in [-0.05, 0) is 60.7 Å². The number of nitrogens with zero attached hydrogens (tertiary/aromatic N) is 3. The maximum absolute atomic E-state index is 12.9. The molecule has 8 heteroatoms. The van der Waals surface area contributed by atoms with Crippen molar-refractivity contribution in [1.82, 2.24) is 19.8 Å². The van der Waals surface area contributed by atoms with Gasteiger partial charge in [0.25, 0.3) is 0 Å². The standard InChI is InChI=1S/C32H34N4O3S/c1-23-30(21-35-17-15-28(16-18-35)36-20-27-10-6-5-9-26(27)19-31(36)37)34-32(33-23)25-11-13-29(14-12-25)40(38,39)22-24-7-3-2-4-8-24/h2-14,28H,15-22H2,1H3,(H,33,34). The molecule has 6 rings (SSSR count). The fourth-order valence-electron chi connectivity index (χ4n) is 5.84. The lowest BCUT2D eigenvalue weighted by atomic mass is 9.95. The number of aromatic nitrogens is 2. The summed E-state index contributed by atoms with van der Waals surface area (Å²) in [4.78, 5) is 25.9. The second-order valence-electron chi connectivity index (χ2n) is 10.9. The molecule has 0 atom stereocenters. The van der Waals surface area contributed by atoms with Crippen LogP contribution in [-0.4, -0.2) is 53.2 Å². The quantitative estimate of drug-likeness (QED) is 0.351. The smallest absolute Gasteiger partial charge is 0.227 e. The van der Waals surface area contributed by atoms with Gasteiger partial charge in [-0.2, -0.15) is 0 Å². The first-order valence-corrected chi connectivity index (χ1v) is 15.5. The predicted octanol–water partition coefficient (Wildman–Crippen LogP) is 4.91. The first kappa shape index (κ1) is 26.5. The lowest BCUT2D eigenvalue weighted by molar-refractivity contribution is -0.135. The maximum atomic E-state index is 12.9. The molecule has 1 N–H and O–H groups in total. The number of hydrogen-bond acceptors (Lipinski definition) is 5. The molecule has 0 bridgehead atoms. The molecule has 0 spiro atoms. The number of imidazole rings is 1. The Morgan fingerprint density at radius 3 is 2.30 bits per heavy atom. The molecule has 206 valence electrons. The van der Waals surface area contributed by atoms with Gasteiger partial charge in [0, 0.05) is 43.5 Å². The van der Waals surface area contributed by atoms with E-state index in [1.54, 1.807) is 12.1 Å². The van der Waals surface area contributed by atoms with Crippen molar-refractivity contribution in [2.75, 3.05) is 13.1 Å². The van der Waals surface area contributed by atoms with E-state index in [4.69, 9.17) is 4.98 Å². The van der Waals surface area contributed by atoms with Crippen molar-refractivity contribution >= 4 is 15.7 Å². The van der Waals surface area contributed by atoms with Crippen molar-refractivity contribution in [3.8, 4) is 11.4 Å². The molecule has 1 amide bonds. The zero-order valence-electron chi connectivity index (χ0n) is 22.7. The van der Waals surface area contributed by atoms with Crippen LogP contribution < -0.4 is 0 Å². The molecular formula is C32H34N4O3S. The molecule has 1 aromatic heterocycles. The highest BCUT2D eigenvalue weighted by atomic mass is 32.2. The van der Waals surface area contributed by atoms with Crippen molar-refractivity contribution < 1.29 is 13.2 Å². The van der Waals surface area contributed by atoms with Gasteiger partial charge in [-0.1, -0.05) is 54.6 Å². The first-order chi connectivity index (χ1) is 19.4. The van der Waals surface area contributed by atoms with Crippen LogP contribution in [0.15, 0.2) is 83.8 Å². The molecule has 3 heterocycles. The Bertz CT molecular complexity index is 1610. The molecule has 7 nitrogen and oxygen atoms in total. The molecule has 0 unspecified atom stereocenters. The van der Waals surface area contributed by atoms with Crippen LogP contribution >= 0.6 is 0 Å². The van der Waals surface area contributed by atoms with Gasteiger partial charge < -0.3 is 9.88 Å². The highest BCUT2D eigenvalue weighted by Gasteiger charge is 2.31. The number of nitrogens with one attached hydrogen (secondary N) is 1. The zero-order valence-corrected chi connectivity index (χ0v) is 23.5. The molecule has 0 radical (unpaired) electrons. The van der Waals surface area contributed by atoms with Crippen LogP contribution in [0.4, 0.5) is 0 Å². The highest BCUT2D eigenvalue weighted by molar-refractivity contribution is 7.90. The number of carbonyl (C=O) groups excluding carboxylic acids is 1. The highest BCUT2D eigenvalue weighted by Crippen LogP contribution is 2.27. The van der Waals surface area contributed by atoms with Crippen molar-refractivity contribution in [2.45, 2.75) is 56.0 Å². The Morgan fingerprint density at radius 1 is 0.900 bits per heavy atom. The van der Waals surface area contributed by atoms with Crippen molar-refractivity contribution in [3.05, 3.63) is 107 Å². The summed E-state index contributed by atoms with van der Waals surface area (Å²) in [5.41, 5.74) is 6.07. The number of rotatable bonds is 7. The molecular weight excluding hydrogens is 520 g/mol. The van der Waals surface area contributed by atoms with Crippen LogP contribution in [0.3, 0.4) is 0 Å². The molecule has 3 aromatic carbocycles. The summed E-state index contributed by atoms with van der Waals surface area (Å²) in [5.74, 6) is 0.961. The van der Waals surface area contributed by atoms with E-state index in [9.17, 15) is 13.2 Å². The fraction of sp³-hybridized carbons (Fsp3) is 0.312. The number of sulfone groups is 1. The number of likely N-dealkylation sites (tertiary alicyclic amines) is 1. The Morgan fingerprint density at radius 2 is 1.57 bits per heavy atom. The number of benzene rings is 3. The molecule has 0 aliphatic carbocycles. The summed E-state index contributed by atoms with van der Waals surface area (Å²) in [6.45, 7) is 5.34. The number of hydrogen-bond donors (Lipinski definition) is 1.